The number of amides is 1. The zero-order valence-electron chi connectivity index (χ0n) is 13.9. The molecule has 4 heteroatoms. The highest BCUT2D eigenvalue weighted by atomic mass is 127. The van der Waals surface area contributed by atoms with Gasteiger partial charge in [-0.3, -0.25) is 4.79 Å². The van der Waals surface area contributed by atoms with E-state index in [1.54, 1.807) is 6.92 Å². The second kappa shape index (κ2) is 7.81. The Morgan fingerprint density at radius 3 is 2.35 bits per heavy atom. The maximum absolute atomic E-state index is 12.3. The molecule has 0 unspecified atom stereocenters. The lowest BCUT2D eigenvalue weighted by atomic mass is 10.0. The average molecular weight is 423 g/mol. The minimum Gasteiger partial charge on any atom is -0.481 e. The van der Waals surface area contributed by atoms with Crippen molar-refractivity contribution >= 4 is 34.2 Å². The summed E-state index contributed by atoms with van der Waals surface area (Å²) in [4.78, 5) is 12.3. The minimum absolute atomic E-state index is 0.151. The molecule has 23 heavy (non-hydrogen) atoms. The van der Waals surface area contributed by atoms with E-state index in [2.05, 4.69) is 53.9 Å². The first-order chi connectivity index (χ1) is 10.9. The Morgan fingerprint density at radius 2 is 1.74 bits per heavy atom. The van der Waals surface area contributed by atoms with Crippen molar-refractivity contribution in [3.05, 3.63) is 57.2 Å². The summed E-state index contributed by atoms with van der Waals surface area (Å²) in [5.41, 5.74) is 3.01. The lowest BCUT2D eigenvalue weighted by Gasteiger charge is -2.19. The van der Waals surface area contributed by atoms with Crippen LogP contribution in [0, 0.1) is 10.5 Å². The Labute approximate surface area is 151 Å². The third kappa shape index (κ3) is 4.96. The molecule has 2 rings (SSSR count). The summed E-state index contributed by atoms with van der Waals surface area (Å²) in [6.07, 6.45) is -0.562. The van der Waals surface area contributed by atoms with Gasteiger partial charge >= 0.3 is 0 Å². The smallest absolute Gasteiger partial charge is 0.265 e. The zero-order chi connectivity index (χ0) is 17.0. The molecule has 1 atom stereocenters. The molecule has 122 valence electrons. The van der Waals surface area contributed by atoms with Crippen molar-refractivity contribution in [3.8, 4) is 5.75 Å². The Hall–Kier alpha value is -1.56. The number of hydrogen-bond donors (Lipinski definition) is 1. The van der Waals surface area contributed by atoms with Crippen molar-refractivity contribution in [1.82, 2.24) is 0 Å². The van der Waals surface area contributed by atoms with E-state index in [1.165, 1.54) is 0 Å². The van der Waals surface area contributed by atoms with Gasteiger partial charge in [-0.15, -0.1) is 0 Å². The van der Waals surface area contributed by atoms with Crippen LogP contribution < -0.4 is 10.1 Å². The van der Waals surface area contributed by atoms with Gasteiger partial charge in [-0.2, -0.15) is 0 Å². The van der Waals surface area contributed by atoms with Gasteiger partial charge in [-0.25, -0.2) is 0 Å². The molecule has 0 fully saturated rings. The predicted octanol–water partition coefficient (Wildman–Crippen LogP) is 5.13. The van der Waals surface area contributed by atoms with E-state index in [1.807, 2.05) is 37.3 Å². The van der Waals surface area contributed by atoms with Crippen molar-refractivity contribution in [2.24, 2.45) is 0 Å². The van der Waals surface area contributed by atoms with Crippen LogP contribution in [0.5, 0.6) is 5.75 Å². The monoisotopic (exact) mass is 423 g/mol. The molecule has 2 aromatic rings. The van der Waals surface area contributed by atoms with Gasteiger partial charge in [-0.1, -0.05) is 26.0 Å². The van der Waals surface area contributed by atoms with Gasteiger partial charge < -0.3 is 10.1 Å². The molecule has 3 nitrogen and oxygen atoms in total. The maximum atomic E-state index is 12.3. The number of carbonyl (C=O) groups excluding carboxylic acids is 1. The molecular formula is C19H22INO2. The molecule has 1 N–H and O–H groups in total. The summed E-state index contributed by atoms with van der Waals surface area (Å²) < 4.78 is 7.06. The highest BCUT2D eigenvalue weighted by Gasteiger charge is 2.17. The quantitative estimate of drug-likeness (QED) is 0.678. The third-order valence-corrected chi connectivity index (χ3v) is 4.29. The van der Waals surface area contributed by atoms with Crippen molar-refractivity contribution in [2.45, 2.75) is 39.7 Å². The van der Waals surface area contributed by atoms with Crippen LogP contribution in [0.1, 0.15) is 37.8 Å². The largest absolute Gasteiger partial charge is 0.481 e. The number of benzene rings is 2. The van der Waals surface area contributed by atoms with Crippen LogP contribution in [-0.2, 0) is 4.79 Å². The molecule has 0 aromatic heterocycles. The normalized spacial score (nSPS) is 12.1. The molecule has 0 aliphatic rings. The zero-order valence-corrected chi connectivity index (χ0v) is 16.0. The third-order valence-electron chi connectivity index (χ3n) is 3.58. The number of ether oxygens (including phenoxy) is 1. The first-order valence-electron chi connectivity index (χ1n) is 7.70. The summed E-state index contributed by atoms with van der Waals surface area (Å²) in [6.45, 7) is 8.03. The topological polar surface area (TPSA) is 38.3 Å². The number of rotatable bonds is 5. The summed E-state index contributed by atoms with van der Waals surface area (Å²) in [6, 6.07) is 13.8. The standard InChI is InChI=1S/C19H22INO2/c1-12(2)17-10-5-13(3)11-18(17)23-14(4)19(22)21-16-8-6-15(20)7-9-16/h5-12,14H,1-4H3,(H,21,22)/t14-/m0/s1. The Bertz CT molecular complexity index is 680. The molecule has 2 aromatic carbocycles. The summed E-state index contributed by atoms with van der Waals surface area (Å²) in [5.74, 6) is 0.977. The van der Waals surface area contributed by atoms with E-state index >= 15 is 0 Å². The van der Waals surface area contributed by atoms with E-state index < -0.39 is 6.10 Å². The molecule has 0 radical (unpaired) electrons. The SMILES string of the molecule is Cc1ccc(C(C)C)c(O[C@@H](C)C(=O)Nc2ccc(I)cc2)c1. The Balaban J connectivity index is 2.09. The number of carbonyl (C=O) groups is 1. The van der Waals surface area contributed by atoms with Crippen molar-refractivity contribution in [1.29, 1.82) is 0 Å². The van der Waals surface area contributed by atoms with Gasteiger partial charge in [0.05, 0.1) is 0 Å². The van der Waals surface area contributed by atoms with Gasteiger partial charge in [0.15, 0.2) is 6.10 Å². The van der Waals surface area contributed by atoms with Gasteiger partial charge in [0.1, 0.15) is 5.75 Å². The molecule has 0 heterocycles. The minimum atomic E-state index is -0.562. The van der Waals surface area contributed by atoms with E-state index in [-0.39, 0.29) is 5.91 Å². The fourth-order valence-electron chi connectivity index (χ4n) is 2.24. The van der Waals surface area contributed by atoms with E-state index in [0.29, 0.717) is 5.92 Å². The first kappa shape index (κ1) is 17.8. The van der Waals surface area contributed by atoms with Crippen LogP contribution in [0.3, 0.4) is 0 Å². The van der Waals surface area contributed by atoms with E-state index in [4.69, 9.17) is 4.74 Å². The van der Waals surface area contributed by atoms with Crippen LogP contribution in [0.2, 0.25) is 0 Å². The molecule has 0 aliphatic heterocycles. The van der Waals surface area contributed by atoms with Crippen LogP contribution >= 0.6 is 22.6 Å². The van der Waals surface area contributed by atoms with E-state index in [9.17, 15) is 4.79 Å². The fraction of sp³-hybridized carbons (Fsp3) is 0.316. The van der Waals surface area contributed by atoms with Gasteiger partial charge in [0, 0.05) is 9.26 Å². The molecular weight excluding hydrogens is 401 g/mol. The molecule has 1 amide bonds. The van der Waals surface area contributed by atoms with Crippen LogP contribution in [-0.4, -0.2) is 12.0 Å². The highest BCUT2D eigenvalue weighted by Crippen LogP contribution is 2.28. The Morgan fingerprint density at radius 1 is 1.09 bits per heavy atom. The van der Waals surface area contributed by atoms with Gasteiger partial charge in [0.25, 0.3) is 5.91 Å². The second-order valence-corrected chi connectivity index (χ2v) is 7.20. The predicted molar refractivity (Wildman–Crippen MR) is 103 cm³/mol. The number of anilines is 1. The molecule has 0 aliphatic carbocycles. The number of nitrogens with one attached hydrogen (secondary N) is 1. The average Bonchev–Trinajstić information content (AvgIpc) is 2.49. The second-order valence-electron chi connectivity index (χ2n) is 5.95. The van der Waals surface area contributed by atoms with Gasteiger partial charge in [0.2, 0.25) is 0 Å². The van der Waals surface area contributed by atoms with Crippen molar-refractivity contribution in [3.63, 3.8) is 0 Å². The Kier molecular flexibility index (Phi) is 6.04. The summed E-state index contributed by atoms with van der Waals surface area (Å²) in [5, 5.41) is 2.89. The number of hydrogen-bond acceptors (Lipinski definition) is 2. The molecule has 0 spiro atoms. The molecule has 0 saturated heterocycles. The van der Waals surface area contributed by atoms with Crippen LogP contribution in [0.4, 0.5) is 5.69 Å². The molecule has 0 saturated carbocycles. The summed E-state index contributed by atoms with van der Waals surface area (Å²) in [7, 11) is 0. The van der Waals surface area contributed by atoms with Crippen LogP contribution in [0.25, 0.3) is 0 Å². The maximum Gasteiger partial charge on any atom is 0.265 e. The van der Waals surface area contributed by atoms with Crippen molar-refractivity contribution < 1.29 is 9.53 Å². The van der Waals surface area contributed by atoms with Crippen LogP contribution in [0.15, 0.2) is 42.5 Å². The number of aryl methyl sites for hydroxylation is 1. The molecule has 0 bridgehead atoms. The lowest BCUT2D eigenvalue weighted by molar-refractivity contribution is -0.122. The first-order valence-corrected chi connectivity index (χ1v) is 8.78. The van der Waals surface area contributed by atoms with E-state index in [0.717, 1.165) is 26.1 Å². The lowest BCUT2D eigenvalue weighted by Crippen LogP contribution is -2.30. The fourth-order valence-corrected chi connectivity index (χ4v) is 2.60. The summed E-state index contributed by atoms with van der Waals surface area (Å²) >= 11 is 2.23. The highest BCUT2D eigenvalue weighted by molar-refractivity contribution is 14.1. The van der Waals surface area contributed by atoms with Gasteiger partial charge in [-0.05, 0) is 83.8 Å². The van der Waals surface area contributed by atoms with Crippen molar-refractivity contribution in [2.75, 3.05) is 5.32 Å². The number of halogens is 1.